The molecule has 2 saturated heterocycles. The van der Waals surface area contributed by atoms with Gasteiger partial charge in [-0.1, -0.05) is 23.8 Å². The molecule has 6 heteroatoms. The summed E-state index contributed by atoms with van der Waals surface area (Å²) in [6.45, 7) is -0.311. The largest absolute Gasteiger partial charge is 0.393 e. The number of aliphatic hydroxyl groups is 1. The van der Waals surface area contributed by atoms with Crippen molar-refractivity contribution in [3.05, 3.63) is 41.4 Å². The van der Waals surface area contributed by atoms with E-state index >= 15 is 0 Å². The maximum atomic E-state index is 12.7. The Morgan fingerprint density at radius 3 is 2.62 bits per heavy atom. The molecular formula is C15H12ClNO4. The average molecular weight is 306 g/mol. The van der Waals surface area contributed by atoms with Crippen molar-refractivity contribution < 1.29 is 19.4 Å². The van der Waals surface area contributed by atoms with Gasteiger partial charge in [-0.05, 0) is 24.3 Å². The van der Waals surface area contributed by atoms with Crippen molar-refractivity contribution in [1.82, 2.24) is 0 Å². The Morgan fingerprint density at radius 1 is 1.24 bits per heavy atom. The Kier molecular flexibility index (Phi) is 2.58. The van der Waals surface area contributed by atoms with Crippen LogP contribution in [0.4, 0.5) is 5.69 Å². The van der Waals surface area contributed by atoms with Gasteiger partial charge in [0, 0.05) is 5.02 Å². The number of anilines is 1. The van der Waals surface area contributed by atoms with Gasteiger partial charge in [-0.3, -0.25) is 9.59 Å². The normalized spacial score (nSPS) is 36.7. The first-order valence-corrected chi connectivity index (χ1v) is 7.07. The monoisotopic (exact) mass is 305 g/mol. The highest BCUT2D eigenvalue weighted by molar-refractivity contribution is 6.31. The first-order valence-electron chi connectivity index (χ1n) is 6.69. The summed E-state index contributed by atoms with van der Waals surface area (Å²) in [6, 6.07) is 6.55. The zero-order chi connectivity index (χ0) is 14.8. The maximum Gasteiger partial charge on any atom is 0.241 e. The lowest BCUT2D eigenvalue weighted by molar-refractivity contribution is -0.128. The molecule has 1 aromatic carbocycles. The van der Waals surface area contributed by atoms with E-state index in [0.29, 0.717) is 10.7 Å². The summed E-state index contributed by atoms with van der Waals surface area (Å²) in [5.74, 6) is -1.81. The maximum absolute atomic E-state index is 12.7. The second-order valence-electron chi connectivity index (χ2n) is 5.55. The summed E-state index contributed by atoms with van der Waals surface area (Å²) in [6.07, 6.45) is 3.03. The fourth-order valence-electron chi connectivity index (χ4n) is 3.53. The Balaban J connectivity index is 1.77. The number of rotatable bonds is 2. The minimum absolute atomic E-state index is 0.281. The third kappa shape index (κ3) is 1.54. The lowest BCUT2D eigenvalue weighted by Crippen LogP contribution is -2.43. The van der Waals surface area contributed by atoms with Gasteiger partial charge in [0.1, 0.15) is 5.60 Å². The smallest absolute Gasteiger partial charge is 0.241 e. The number of hydrogen-bond donors (Lipinski definition) is 1. The summed E-state index contributed by atoms with van der Waals surface area (Å²) in [4.78, 5) is 26.5. The molecule has 3 aliphatic rings. The van der Waals surface area contributed by atoms with Gasteiger partial charge in [-0.15, -0.1) is 0 Å². The molecule has 3 heterocycles. The Morgan fingerprint density at radius 2 is 1.95 bits per heavy atom. The van der Waals surface area contributed by atoms with Crippen LogP contribution in [0, 0.1) is 11.8 Å². The minimum Gasteiger partial charge on any atom is -0.393 e. The van der Waals surface area contributed by atoms with E-state index < -0.39 is 23.5 Å². The van der Waals surface area contributed by atoms with Gasteiger partial charge in [0.25, 0.3) is 0 Å². The van der Waals surface area contributed by atoms with Crippen LogP contribution in [-0.2, 0) is 14.3 Å². The molecule has 2 fully saturated rings. The van der Waals surface area contributed by atoms with Crippen LogP contribution < -0.4 is 4.90 Å². The Hall–Kier alpha value is -1.69. The number of halogens is 1. The molecule has 1 aromatic rings. The highest BCUT2D eigenvalue weighted by Crippen LogP contribution is 2.52. The van der Waals surface area contributed by atoms with Gasteiger partial charge in [0.05, 0.1) is 30.2 Å². The Bertz CT molecular complexity index is 671. The molecule has 5 nitrogen and oxygen atoms in total. The molecule has 0 unspecified atom stereocenters. The second-order valence-corrected chi connectivity index (χ2v) is 5.98. The van der Waals surface area contributed by atoms with Crippen molar-refractivity contribution >= 4 is 29.1 Å². The van der Waals surface area contributed by atoms with Crippen molar-refractivity contribution in [3.8, 4) is 0 Å². The predicted molar refractivity (Wildman–Crippen MR) is 74.8 cm³/mol. The van der Waals surface area contributed by atoms with Crippen LogP contribution in [0.3, 0.4) is 0 Å². The topological polar surface area (TPSA) is 66.8 Å². The quantitative estimate of drug-likeness (QED) is 0.657. The molecule has 2 amide bonds. The number of carbonyl (C=O) groups excluding carboxylic acids is 2. The second kappa shape index (κ2) is 4.16. The molecule has 4 atom stereocenters. The fourth-order valence-corrected chi connectivity index (χ4v) is 3.65. The molecule has 0 aromatic heterocycles. The van der Waals surface area contributed by atoms with Gasteiger partial charge in [0.15, 0.2) is 0 Å². The summed E-state index contributed by atoms with van der Waals surface area (Å²) < 4.78 is 5.67. The summed E-state index contributed by atoms with van der Waals surface area (Å²) in [5, 5.41) is 10.1. The molecule has 0 radical (unpaired) electrons. The van der Waals surface area contributed by atoms with Gasteiger partial charge in [-0.25, -0.2) is 4.90 Å². The van der Waals surface area contributed by atoms with E-state index in [1.807, 2.05) is 0 Å². The lowest BCUT2D eigenvalue weighted by Gasteiger charge is -2.26. The van der Waals surface area contributed by atoms with Gasteiger partial charge < -0.3 is 9.84 Å². The van der Waals surface area contributed by atoms with Gasteiger partial charge in [0.2, 0.25) is 11.8 Å². The van der Waals surface area contributed by atoms with Crippen molar-refractivity contribution in [2.45, 2.75) is 11.7 Å². The minimum atomic E-state index is -1.05. The molecule has 3 aliphatic heterocycles. The first-order chi connectivity index (χ1) is 10.1. The summed E-state index contributed by atoms with van der Waals surface area (Å²) in [7, 11) is 0. The average Bonchev–Trinajstić information content (AvgIpc) is 3.12. The van der Waals surface area contributed by atoms with Crippen LogP contribution in [0.25, 0.3) is 0 Å². The van der Waals surface area contributed by atoms with Crippen molar-refractivity contribution in [2.75, 3.05) is 11.5 Å². The number of imide groups is 1. The molecular weight excluding hydrogens is 294 g/mol. The molecule has 0 saturated carbocycles. The number of fused-ring (bicyclic) bond motifs is 5. The third-order valence-corrected chi connectivity index (χ3v) is 4.74. The molecule has 108 valence electrons. The third-order valence-electron chi connectivity index (χ3n) is 4.49. The zero-order valence-electron chi connectivity index (χ0n) is 10.9. The van der Waals surface area contributed by atoms with Crippen LogP contribution in [0.15, 0.2) is 36.4 Å². The fraction of sp³-hybridized carbons (Fsp3) is 0.333. The zero-order valence-corrected chi connectivity index (χ0v) is 11.7. The van der Waals surface area contributed by atoms with Crippen LogP contribution in [0.2, 0.25) is 5.02 Å². The highest BCUT2D eigenvalue weighted by atomic mass is 35.5. The first kappa shape index (κ1) is 13.0. The molecule has 0 spiro atoms. The number of benzene rings is 1. The molecule has 21 heavy (non-hydrogen) atoms. The van der Waals surface area contributed by atoms with E-state index in [2.05, 4.69) is 0 Å². The number of nitrogens with zero attached hydrogens (tertiary/aromatic N) is 1. The van der Waals surface area contributed by atoms with E-state index in [-0.39, 0.29) is 18.4 Å². The summed E-state index contributed by atoms with van der Waals surface area (Å²) >= 11 is 5.84. The van der Waals surface area contributed by atoms with Crippen LogP contribution >= 0.6 is 11.6 Å². The number of hydrogen-bond acceptors (Lipinski definition) is 4. The Labute approximate surface area is 125 Å². The number of amides is 2. The van der Waals surface area contributed by atoms with E-state index in [1.54, 1.807) is 36.4 Å². The highest BCUT2D eigenvalue weighted by Gasteiger charge is 2.67. The van der Waals surface area contributed by atoms with Crippen molar-refractivity contribution in [3.63, 3.8) is 0 Å². The van der Waals surface area contributed by atoms with Crippen LogP contribution in [-0.4, -0.2) is 35.2 Å². The lowest BCUT2D eigenvalue weighted by atomic mass is 9.77. The molecule has 0 aliphatic carbocycles. The van der Waals surface area contributed by atoms with E-state index in [4.69, 9.17) is 16.3 Å². The standard InChI is InChI=1S/C15H12ClNO4/c16-8-1-3-9(4-2-8)17-13(19)11-10-5-6-15(7-18,21-10)12(11)14(17)20/h1-6,10-12,18H,7H2/t10-,11+,12+,15-/m1/s1. The van der Waals surface area contributed by atoms with Crippen molar-refractivity contribution in [1.29, 1.82) is 0 Å². The summed E-state index contributed by atoms with van der Waals surface area (Å²) in [5.41, 5.74) is -0.556. The van der Waals surface area contributed by atoms with E-state index in [0.717, 1.165) is 0 Å². The van der Waals surface area contributed by atoms with E-state index in [1.165, 1.54) is 4.90 Å². The number of ether oxygens (including phenoxy) is 1. The molecule has 2 bridgehead atoms. The van der Waals surface area contributed by atoms with Crippen molar-refractivity contribution in [2.24, 2.45) is 11.8 Å². The number of aliphatic hydroxyl groups excluding tert-OH is 1. The predicted octanol–water partition coefficient (Wildman–Crippen LogP) is 1.15. The van der Waals surface area contributed by atoms with Gasteiger partial charge in [-0.2, -0.15) is 0 Å². The van der Waals surface area contributed by atoms with Crippen LogP contribution in [0.5, 0.6) is 0 Å². The van der Waals surface area contributed by atoms with E-state index in [9.17, 15) is 14.7 Å². The van der Waals surface area contributed by atoms with Crippen LogP contribution in [0.1, 0.15) is 0 Å². The SMILES string of the molecule is O=C1[C@@H]2[C@@H](C(=O)N1c1ccc(Cl)cc1)[C@]1(CO)C=C[C@H]2O1. The molecule has 1 N–H and O–H groups in total. The molecule has 4 rings (SSSR count). The van der Waals surface area contributed by atoms with Gasteiger partial charge >= 0.3 is 0 Å². The number of carbonyl (C=O) groups is 2.